The molecule has 4 aromatic heterocycles. The van der Waals surface area contributed by atoms with E-state index in [0.29, 0.717) is 53.8 Å². The number of carbonyl (C=O) groups excluding carboxylic acids is 1. The summed E-state index contributed by atoms with van der Waals surface area (Å²) in [4.78, 5) is 31.7. The largest absolute Gasteiger partial charge is 0.422 e. The van der Waals surface area contributed by atoms with Gasteiger partial charge in [-0.3, -0.25) is 14.4 Å². The van der Waals surface area contributed by atoms with Crippen LogP contribution in [0.1, 0.15) is 10.4 Å². The molecule has 4 aromatic rings. The van der Waals surface area contributed by atoms with Crippen molar-refractivity contribution < 1.29 is 19.1 Å². The summed E-state index contributed by atoms with van der Waals surface area (Å²) in [6.45, 7) is 4.79. The van der Waals surface area contributed by atoms with E-state index in [9.17, 15) is 4.79 Å². The second kappa shape index (κ2) is 11.5. The molecule has 1 aliphatic rings. The number of ether oxygens (including phenoxy) is 1. The maximum atomic E-state index is 13.6. The summed E-state index contributed by atoms with van der Waals surface area (Å²) in [7, 11) is 3.54. The lowest BCUT2D eigenvalue weighted by atomic mass is 10.2. The molecule has 0 spiro atoms. The first-order valence-corrected chi connectivity index (χ1v) is 12.4. The first-order chi connectivity index (χ1) is 18.5. The number of rotatable bonds is 10. The Morgan fingerprint density at radius 1 is 1.18 bits per heavy atom. The Morgan fingerprint density at radius 2 is 2.03 bits per heavy atom. The molecule has 200 valence electrons. The van der Waals surface area contributed by atoms with Gasteiger partial charge in [0.25, 0.3) is 11.9 Å². The van der Waals surface area contributed by atoms with Crippen LogP contribution in [0, 0.1) is 0 Å². The van der Waals surface area contributed by atoms with Crippen LogP contribution >= 0.6 is 0 Å². The Kier molecular flexibility index (Phi) is 7.77. The number of amides is 1. The highest BCUT2D eigenvalue weighted by atomic mass is 16.5. The molecule has 13 nitrogen and oxygen atoms in total. The fourth-order valence-electron chi connectivity index (χ4n) is 4.31. The van der Waals surface area contributed by atoms with Gasteiger partial charge in [0, 0.05) is 71.3 Å². The van der Waals surface area contributed by atoms with Gasteiger partial charge in [-0.25, -0.2) is 9.97 Å². The van der Waals surface area contributed by atoms with Crippen LogP contribution in [0.4, 0.5) is 17.7 Å². The summed E-state index contributed by atoms with van der Waals surface area (Å²) >= 11 is 0. The van der Waals surface area contributed by atoms with Crippen molar-refractivity contribution in [2.45, 2.75) is 0 Å². The van der Waals surface area contributed by atoms with Crippen LogP contribution in [0.25, 0.3) is 22.5 Å². The van der Waals surface area contributed by atoms with Crippen LogP contribution in [0.5, 0.6) is 0 Å². The van der Waals surface area contributed by atoms with Gasteiger partial charge >= 0.3 is 0 Å². The van der Waals surface area contributed by atoms with E-state index in [-0.39, 0.29) is 25.1 Å². The summed E-state index contributed by atoms with van der Waals surface area (Å²) in [5.41, 5.74) is 2.67. The molecule has 5 rings (SSSR count). The normalized spacial score (nSPS) is 14.2. The van der Waals surface area contributed by atoms with E-state index < -0.39 is 0 Å². The number of aliphatic hydroxyl groups is 1. The minimum absolute atomic E-state index is 0.0660. The van der Waals surface area contributed by atoms with E-state index in [1.54, 1.807) is 30.1 Å². The second-order valence-corrected chi connectivity index (χ2v) is 8.94. The molecular weight excluding hydrogens is 490 g/mol. The van der Waals surface area contributed by atoms with Gasteiger partial charge in [0.05, 0.1) is 30.7 Å². The molecule has 1 saturated heterocycles. The van der Waals surface area contributed by atoms with Crippen molar-refractivity contribution in [2.75, 3.05) is 75.1 Å². The third-order valence-electron chi connectivity index (χ3n) is 6.27. The molecule has 1 aliphatic heterocycles. The van der Waals surface area contributed by atoms with Crippen LogP contribution < -0.4 is 15.5 Å². The highest BCUT2D eigenvalue weighted by Crippen LogP contribution is 2.28. The fourth-order valence-corrected chi connectivity index (χ4v) is 4.31. The van der Waals surface area contributed by atoms with Crippen molar-refractivity contribution in [3.05, 3.63) is 42.2 Å². The molecule has 1 amide bonds. The van der Waals surface area contributed by atoms with Crippen LogP contribution in [-0.4, -0.2) is 100 Å². The Bertz CT molecular complexity index is 1390. The number of hydrogen-bond donors (Lipinski definition) is 3. The Labute approximate surface area is 219 Å². The van der Waals surface area contributed by atoms with Crippen molar-refractivity contribution in [1.82, 2.24) is 29.6 Å². The highest BCUT2D eigenvalue weighted by Gasteiger charge is 2.25. The Morgan fingerprint density at radius 3 is 2.76 bits per heavy atom. The van der Waals surface area contributed by atoms with Gasteiger partial charge in [-0.05, 0) is 12.1 Å². The van der Waals surface area contributed by atoms with Gasteiger partial charge < -0.3 is 29.8 Å². The van der Waals surface area contributed by atoms with E-state index in [2.05, 4.69) is 35.5 Å². The molecule has 0 bridgehead atoms. The average Bonchev–Trinajstić information content (AvgIpc) is 3.55. The van der Waals surface area contributed by atoms with Gasteiger partial charge in [-0.1, -0.05) is 6.07 Å². The number of aromatic nitrogens is 5. The molecule has 38 heavy (non-hydrogen) atoms. The summed E-state index contributed by atoms with van der Waals surface area (Å²) in [6.07, 6.45) is 3.59. The molecule has 3 N–H and O–H groups in total. The summed E-state index contributed by atoms with van der Waals surface area (Å²) in [6, 6.07) is 7.34. The topological polar surface area (TPSA) is 147 Å². The fraction of sp³-hybridized carbons (Fsp3) is 0.400. The minimum atomic E-state index is -0.353. The van der Waals surface area contributed by atoms with E-state index >= 15 is 0 Å². The van der Waals surface area contributed by atoms with Crippen molar-refractivity contribution >= 4 is 34.8 Å². The smallest absolute Gasteiger partial charge is 0.297 e. The molecule has 0 unspecified atom stereocenters. The molecule has 0 radical (unpaired) electrons. The second-order valence-electron chi connectivity index (χ2n) is 8.94. The van der Waals surface area contributed by atoms with Crippen molar-refractivity contribution in [1.29, 1.82) is 0 Å². The number of aryl methyl sites for hydroxylation is 1. The van der Waals surface area contributed by atoms with Crippen molar-refractivity contribution in [3.8, 4) is 11.3 Å². The van der Waals surface area contributed by atoms with Crippen molar-refractivity contribution in [3.63, 3.8) is 0 Å². The number of methoxy groups -OCH3 is 1. The van der Waals surface area contributed by atoms with E-state index in [4.69, 9.17) is 19.2 Å². The lowest BCUT2D eigenvalue weighted by molar-refractivity contribution is 0.102. The zero-order valence-corrected chi connectivity index (χ0v) is 21.4. The maximum absolute atomic E-state index is 13.6. The molecule has 0 aliphatic carbocycles. The van der Waals surface area contributed by atoms with Crippen molar-refractivity contribution in [2.24, 2.45) is 7.05 Å². The van der Waals surface area contributed by atoms with Gasteiger partial charge in [0.15, 0.2) is 5.58 Å². The number of piperazine rings is 1. The summed E-state index contributed by atoms with van der Waals surface area (Å²) < 4.78 is 12.7. The third kappa shape index (κ3) is 5.74. The SMILES string of the molecule is COCCN1CCN(c2nc3nc(NCCO)oc3cc2C(=O)Nc2cccc(-c3cnn(C)c3)n2)CC1. The predicted molar refractivity (Wildman–Crippen MR) is 142 cm³/mol. The average molecular weight is 522 g/mol. The number of nitrogens with one attached hydrogen (secondary N) is 2. The molecule has 0 aromatic carbocycles. The number of fused-ring (bicyclic) bond motifs is 1. The summed E-state index contributed by atoms with van der Waals surface area (Å²) in [5, 5.41) is 19.1. The molecule has 5 heterocycles. The lowest BCUT2D eigenvalue weighted by Gasteiger charge is -2.35. The monoisotopic (exact) mass is 521 g/mol. The van der Waals surface area contributed by atoms with Crippen LogP contribution in [0.2, 0.25) is 0 Å². The quantitative estimate of drug-likeness (QED) is 0.279. The predicted octanol–water partition coefficient (Wildman–Crippen LogP) is 1.44. The van der Waals surface area contributed by atoms with Crippen LogP contribution in [0.15, 0.2) is 41.1 Å². The van der Waals surface area contributed by atoms with Crippen LogP contribution in [-0.2, 0) is 11.8 Å². The zero-order chi connectivity index (χ0) is 26.5. The van der Waals surface area contributed by atoms with E-state index in [0.717, 1.165) is 25.2 Å². The molecule has 1 fully saturated rings. The number of hydrogen-bond acceptors (Lipinski definition) is 11. The number of carbonyl (C=O) groups is 1. The molecular formula is C25H31N9O4. The Hall–Kier alpha value is -4.07. The van der Waals surface area contributed by atoms with E-state index in [1.165, 1.54) is 0 Å². The van der Waals surface area contributed by atoms with E-state index in [1.807, 2.05) is 25.4 Å². The van der Waals surface area contributed by atoms with Gasteiger partial charge in [-0.2, -0.15) is 10.1 Å². The molecule has 0 atom stereocenters. The molecule has 13 heteroatoms. The number of nitrogens with zero attached hydrogens (tertiary/aromatic N) is 7. The lowest BCUT2D eigenvalue weighted by Crippen LogP contribution is -2.48. The van der Waals surface area contributed by atoms with Crippen LogP contribution in [0.3, 0.4) is 0 Å². The number of aliphatic hydroxyl groups excluding tert-OH is 1. The highest BCUT2D eigenvalue weighted by molar-refractivity contribution is 6.08. The third-order valence-corrected chi connectivity index (χ3v) is 6.27. The van der Waals surface area contributed by atoms with Gasteiger partial charge in [0.2, 0.25) is 5.65 Å². The summed E-state index contributed by atoms with van der Waals surface area (Å²) in [5.74, 6) is 0.592. The Balaban J connectivity index is 1.43. The minimum Gasteiger partial charge on any atom is -0.422 e. The zero-order valence-electron chi connectivity index (χ0n) is 21.4. The standard InChI is InChI=1S/C25H31N9O4/c1-32-16-17(15-27-32)19-4-3-5-21(28-19)29-24(36)18-14-20-22(31-25(38-20)26-6-12-35)30-23(18)34-9-7-33(8-10-34)11-13-37-2/h3-5,14-16,35H,6-13H2,1-2H3,(H,26,30,31)(H,28,29,36). The number of pyridine rings is 2. The molecule has 0 saturated carbocycles. The van der Waals surface area contributed by atoms with Gasteiger partial charge in [0.1, 0.15) is 11.6 Å². The van der Waals surface area contributed by atoms with Gasteiger partial charge in [-0.15, -0.1) is 0 Å². The number of oxazole rings is 1. The first-order valence-electron chi connectivity index (χ1n) is 12.4. The maximum Gasteiger partial charge on any atom is 0.297 e. The first kappa shape index (κ1) is 25.6. The number of anilines is 3.